The van der Waals surface area contributed by atoms with Gasteiger partial charge in [0, 0.05) is 12.1 Å². The maximum atomic E-state index is 13.7. The van der Waals surface area contributed by atoms with Gasteiger partial charge in [0.2, 0.25) is 0 Å². The summed E-state index contributed by atoms with van der Waals surface area (Å²) in [6.45, 7) is 3.88. The second-order valence-corrected chi connectivity index (χ2v) is 8.58. The molecule has 0 aromatic heterocycles. The highest BCUT2D eigenvalue weighted by molar-refractivity contribution is 7.92. The number of methoxy groups -OCH3 is 2. The Bertz CT molecular complexity index is 1080. The van der Waals surface area contributed by atoms with Crippen molar-refractivity contribution in [3.8, 4) is 11.5 Å². The van der Waals surface area contributed by atoms with E-state index in [2.05, 4.69) is 0 Å². The van der Waals surface area contributed by atoms with E-state index in [0.29, 0.717) is 17.2 Å². The zero-order valence-electron chi connectivity index (χ0n) is 17.0. The second kappa shape index (κ2) is 8.57. The van der Waals surface area contributed by atoms with Crippen molar-refractivity contribution < 1.29 is 17.9 Å². The third-order valence-corrected chi connectivity index (χ3v) is 6.71. The van der Waals surface area contributed by atoms with Crippen LogP contribution in [-0.2, 0) is 10.0 Å². The first-order valence-electron chi connectivity index (χ1n) is 9.26. The van der Waals surface area contributed by atoms with Gasteiger partial charge in [0.15, 0.2) is 0 Å². The summed E-state index contributed by atoms with van der Waals surface area (Å²) in [5.41, 5.74) is 2.54. The Kier molecular flexibility index (Phi) is 6.13. The molecule has 0 N–H and O–H groups in total. The molecule has 0 heterocycles. The van der Waals surface area contributed by atoms with E-state index >= 15 is 0 Å². The molecular formula is C23H25NO4S. The third-order valence-electron chi connectivity index (χ3n) is 4.82. The van der Waals surface area contributed by atoms with Crippen molar-refractivity contribution in [3.05, 3.63) is 83.9 Å². The summed E-state index contributed by atoms with van der Waals surface area (Å²) in [7, 11) is -0.798. The van der Waals surface area contributed by atoms with E-state index in [-0.39, 0.29) is 4.90 Å². The summed E-state index contributed by atoms with van der Waals surface area (Å²) in [5, 5.41) is 0. The van der Waals surface area contributed by atoms with Crippen LogP contribution in [0.5, 0.6) is 11.5 Å². The van der Waals surface area contributed by atoms with Crippen molar-refractivity contribution in [2.24, 2.45) is 0 Å². The number of benzene rings is 3. The van der Waals surface area contributed by atoms with Crippen LogP contribution in [0.2, 0.25) is 0 Å². The van der Waals surface area contributed by atoms with E-state index in [1.807, 2.05) is 38.1 Å². The first-order chi connectivity index (χ1) is 13.9. The van der Waals surface area contributed by atoms with Crippen molar-refractivity contribution in [2.75, 3.05) is 18.5 Å². The highest BCUT2D eigenvalue weighted by Gasteiger charge is 2.31. The number of sulfonamides is 1. The fourth-order valence-corrected chi connectivity index (χ4v) is 4.85. The molecule has 0 fully saturated rings. The summed E-state index contributed by atoms with van der Waals surface area (Å²) in [6.07, 6.45) is 0. The average molecular weight is 412 g/mol. The standard InChI is InChI=1S/C23H25NO4S/c1-17-11-13-19(14-12-17)18(2)24(20-7-5-8-21(15-20)27-3)29(25,26)23-10-6-9-22(16-23)28-4/h5-16,18H,1-4H3/t18-/m1/s1. The molecule has 3 aromatic carbocycles. The Morgan fingerprint density at radius 2 is 1.41 bits per heavy atom. The molecule has 0 radical (unpaired) electrons. The molecule has 0 saturated carbocycles. The topological polar surface area (TPSA) is 55.8 Å². The van der Waals surface area contributed by atoms with E-state index in [1.54, 1.807) is 49.6 Å². The minimum atomic E-state index is -3.87. The zero-order chi connectivity index (χ0) is 21.0. The molecule has 0 spiro atoms. The van der Waals surface area contributed by atoms with Crippen molar-refractivity contribution in [1.82, 2.24) is 0 Å². The molecular weight excluding hydrogens is 386 g/mol. The van der Waals surface area contributed by atoms with E-state index in [9.17, 15) is 8.42 Å². The first kappa shape index (κ1) is 20.7. The van der Waals surface area contributed by atoms with E-state index in [4.69, 9.17) is 9.47 Å². The number of aryl methyl sites for hydroxylation is 1. The molecule has 1 atom stereocenters. The molecule has 0 bridgehead atoms. The smallest absolute Gasteiger partial charge is 0.265 e. The fourth-order valence-electron chi connectivity index (χ4n) is 3.17. The summed E-state index contributed by atoms with van der Waals surface area (Å²) in [4.78, 5) is 0.165. The SMILES string of the molecule is COc1cccc(N([C@H](C)c2ccc(C)cc2)S(=O)(=O)c2cccc(OC)c2)c1. The molecule has 0 aliphatic rings. The minimum absolute atomic E-state index is 0.165. The average Bonchev–Trinajstić information content (AvgIpc) is 2.74. The largest absolute Gasteiger partial charge is 0.497 e. The highest BCUT2D eigenvalue weighted by atomic mass is 32.2. The first-order valence-corrected chi connectivity index (χ1v) is 10.7. The van der Waals surface area contributed by atoms with Crippen LogP contribution in [-0.4, -0.2) is 22.6 Å². The van der Waals surface area contributed by atoms with Gasteiger partial charge in [-0.15, -0.1) is 0 Å². The van der Waals surface area contributed by atoms with Crippen LogP contribution in [0.15, 0.2) is 77.7 Å². The number of hydrogen-bond donors (Lipinski definition) is 0. The molecule has 5 nitrogen and oxygen atoms in total. The van der Waals surface area contributed by atoms with Crippen LogP contribution in [0.3, 0.4) is 0 Å². The summed E-state index contributed by atoms with van der Waals surface area (Å²) >= 11 is 0. The Hall–Kier alpha value is -2.99. The van der Waals surface area contributed by atoms with Gasteiger partial charge in [0.1, 0.15) is 11.5 Å². The molecule has 0 aliphatic carbocycles. The number of anilines is 1. The molecule has 29 heavy (non-hydrogen) atoms. The second-order valence-electron chi connectivity index (χ2n) is 6.77. The van der Waals surface area contributed by atoms with Crippen molar-refractivity contribution in [2.45, 2.75) is 24.8 Å². The number of hydrogen-bond acceptors (Lipinski definition) is 4. The summed E-state index contributed by atoms with van der Waals surface area (Å²) < 4.78 is 39.4. The Balaban J connectivity index is 2.16. The van der Waals surface area contributed by atoms with E-state index < -0.39 is 16.1 Å². The van der Waals surface area contributed by atoms with Crippen molar-refractivity contribution in [1.29, 1.82) is 0 Å². The van der Waals surface area contributed by atoms with Crippen LogP contribution in [0.25, 0.3) is 0 Å². The van der Waals surface area contributed by atoms with Gasteiger partial charge in [-0.05, 0) is 43.7 Å². The Labute approximate surface area is 172 Å². The number of rotatable bonds is 7. The zero-order valence-corrected chi connectivity index (χ0v) is 17.8. The van der Waals surface area contributed by atoms with Gasteiger partial charge < -0.3 is 9.47 Å². The van der Waals surface area contributed by atoms with Gasteiger partial charge >= 0.3 is 0 Å². The quantitative estimate of drug-likeness (QED) is 0.551. The van der Waals surface area contributed by atoms with Crippen LogP contribution >= 0.6 is 0 Å². The monoisotopic (exact) mass is 411 g/mol. The van der Waals surface area contributed by atoms with Crippen LogP contribution in [0.4, 0.5) is 5.69 Å². The predicted octanol–water partition coefficient (Wildman–Crippen LogP) is 4.97. The number of ether oxygens (including phenoxy) is 2. The normalized spacial score (nSPS) is 12.3. The Morgan fingerprint density at radius 3 is 2.03 bits per heavy atom. The summed E-state index contributed by atoms with van der Waals surface area (Å²) in [5.74, 6) is 1.07. The molecule has 152 valence electrons. The third kappa shape index (κ3) is 4.38. The highest BCUT2D eigenvalue weighted by Crippen LogP contribution is 2.35. The molecule has 0 unspecified atom stereocenters. The number of nitrogens with zero attached hydrogens (tertiary/aromatic N) is 1. The fraction of sp³-hybridized carbons (Fsp3) is 0.217. The Morgan fingerprint density at radius 1 is 0.828 bits per heavy atom. The molecule has 3 rings (SSSR count). The van der Waals surface area contributed by atoms with Gasteiger partial charge in [-0.3, -0.25) is 4.31 Å². The lowest BCUT2D eigenvalue weighted by atomic mass is 10.1. The van der Waals surface area contributed by atoms with Gasteiger partial charge in [-0.25, -0.2) is 8.42 Å². The molecule has 0 saturated heterocycles. The predicted molar refractivity (Wildman–Crippen MR) is 115 cm³/mol. The minimum Gasteiger partial charge on any atom is -0.497 e. The molecule has 6 heteroatoms. The van der Waals surface area contributed by atoms with Crippen LogP contribution in [0, 0.1) is 6.92 Å². The molecule has 0 aliphatic heterocycles. The maximum absolute atomic E-state index is 13.7. The van der Waals surface area contributed by atoms with Crippen LogP contribution < -0.4 is 13.8 Å². The summed E-state index contributed by atoms with van der Waals surface area (Å²) in [6, 6.07) is 21.0. The van der Waals surface area contributed by atoms with Gasteiger partial charge in [-0.1, -0.05) is 42.0 Å². The lowest BCUT2D eigenvalue weighted by Gasteiger charge is -2.31. The lowest BCUT2D eigenvalue weighted by Crippen LogP contribution is -2.33. The van der Waals surface area contributed by atoms with E-state index in [0.717, 1.165) is 11.1 Å². The van der Waals surface area contributed by atoms with Crippen molar-refractivity contribution in [3.63, 3.8) is 0 Å². The van der Waals surface area contributed by atoms with Crippen molar-refractivity contribution >= 4 is 15.7 Å². The van der Waals surface area contributed by atoms with Gasteiger partial charge in [0.25, 0.3) is 10.0 Å². The van der Waals surface area contributed by atoms with Gasteiger partial charge in [0.05, 0.1) is 30.8 Å². The van der Waals surface area contributed by atoms with E-state index in [1.165, 1.54) is 17.5 Å². The molecule has 0 amide bonds. The van der Waals surface area contributed by atoms with Gasteiger partial charge in [-0.2, -0.15) is 0 Å². The molecule has 3 aromatic rings. The van der Waals surface area contributed by atoms with Crippen LogP contribution in [0.1, 0.15) is 24.1 Å². The maximum Gasteiger partial charge on any atom is 0.265 e. The lowest BCUT2D eigenvalue weighted by molar-refractivity contribution is 0.413.